The van der Waals surface area contributed by atoms with Crippen molar-refractivity contribution in [3.05, 3.63) is 35.4 Å². The molecule has 0 spiro atoms. The van der Waals surface area contributed by atoms with Gasteiger partial charge in [0.2, 0.25) is 0 Å². The third-order valence-electron chi connectivity index (χ3n) is 1.89. The Morgan fingerprint density at radius 2 is 1.77 bits per heavy atom. The fourth-order valence-corrected chi connectivity index (χ4v) is 1.13. The molecule has 0 heterocycles. The highest BCUT2D eigenvalue weighted by Gasteiger charge is 2.23. The predicted octanol–water partition coefficient (Wildman–Crippen LogP) is 2.30. The van der Waals surface area contributed by atoms with Crippen LogP contribution in [0.15, 0.2) is 24.3 Å². The van der Waals surface area contributed by atoms with E-state index in [1.807, 2.05) is 0 Å². The van der Waals surface area contributed by atoms with Gasteiger partial charge >= 0.3 is 0 Å². The van der Waals surface area contributed by atoms with Gasteiger partial charge in [-0.15, -0.1) is 0 Å². The van der Waals surface area contributed by atoms with Gasteiger partial charge in [0.1, 0.15) is 0 Å². The molecule has 0 saturated heterocycles. The summed E-state index contributed by atoms with van der Waals surface area (Å²) in [7, 11) is 0. The van der Waals surface area contributed by atoms with E-state index >= 15 is 0 Å². The molecule has 1 nitrogen and oxygen atoms in total. The Labute approximate surface area is 76.6 Å². The standard InChI is InChI=1S/C10H13F2N/c1-10(11,12)9-4-2-8(3-5-9)6-7-13/h2-5H,6-7,13H2,1H3. The molecule has 0 amide bonds. The van der Waals surface area contributed by atoms with E-state index in [1.54, 1.807) is 12.1 Å². The molecule has 0 aliphatic heterocycles. The van der Waals surface area contributed by atoms with Crippen LogP contribution in [0.25, 0.3) is 0 Å². The summed E-state index contributed by atoms with van der Waals surface area (Å²) >= 11 is 0. The lowest BCUT2D eigenvalue weighted by molar-refractivity contribution is 0.0174. The molecular weight excluding hydrogens is 172 g/mol. The Morgan fingerprint density at radius 1 is 1.23 bits per heavy atom. The number of nitrogens with two attached hydrogens (primary N) is 1. The second-order valence-corrected chi connectivity index (χ2v) is 3.12. The SMILES string of the molecule is CC(F)(F)c1ccc(CCN)cc1. The minimum Gasteiger partial charge on any atom is -0.330 e. The lowest BCUT2D eigenvalue weighted by Gasteiger charge is -2.10. The van der Waals surface area contributed by atoms with Crippen molar-refractivity contribution in [1.82, 2.24) is 0 Å². The number of hydrogen-bond acceptors (Lipinski definition) is 1. The lowest BCUT2D eigenvalue weighted by Crippen LogP contribution is -2.07. The van der Waals surface area contributed by atoms with Crippen LogP contribution >= 0.6 is 0 Å². The molecule has 0 fully saturated rings. The molecule has 3 heteroatoms. The van der Waals surface area contributed by atoms with E-state index < -0.39 is 5.92 Å². The molecule has 1 aromatic rings. The fraction of sp³-hybridized carbons (Fsp3) is 0.400. The fourth-order valence-electron chi connectivity index (χ4n) is 1.13. The number of benzene rings is 1. The topological polar surface area (TPSA) is 26.0 Å². The summed E-state index contributed by atoms with van der Waals surface area (Å²) in [4.78, 5) is 0. The molecule has 0 aliphatic carbocycles. The minimum absolute atomic E-state index is 0.0493. The van der Waals surface area contributed by atoms with Crippen LogP contribution in [0.5, 0.6) is 0 Å². The summed E-state index contributed by atoms with van der Waals surface area (Å²) in [5, 5.41) is 0. The first kappa shape index (κ1) is 10.1. The zero-order valence-electron chi connectivity index (χ0n) is 7.56. The van der Waals surface area contributed by atoms with Gasteiger partial charge in [0.25, 0.3) is 5.92 Å². The predicted molar refractivity (Wildman–Crippen MR) is 48.8 cm³/mol. The van der Waals surface area contributed by atoms with Gasteiger partial charge in [-0.2, -0.15) is 0 Å². The maximum absolute atomic E-state index is 12.7. The first-order valence-corrected chi connectivity index (χ1v) is 4.21. The monoisotopic (exact) mass is 185 g/mol. The van der Waals surface area contributed by atoms with Crippen molar-refractivity contribution >= 4 is 0 Å². The number of rotatable bonds is 3. The van der Waals surface area contributed by atoms with Crippen molar-refractivity contribution in [3.63, 3.8) is 0 Å². The average Bonchev–Trinajstić information content (AvgIpc) is 2.04. The summed E-state index contributed by atoms with van der Waals surface area (Å²) in [5.74, 6) is -2.75. The lowest BCUT2D eigenvalue weighted by atomic mass is 10.1. The molecule has 13 heavy (non-hydrogen) atoms. The average molecular weight is 185 g/mol. The number of hydrogen-bond donors (Lipinski definition) is 1. The summed E-state index contributed by atoms with van der Waals surface area (Å²) in [6, 6.07) is 6.29. The largest absolute Gasteiger partial charge is 0.330 e. The van der Waals surface area contributed by atoms with Crippen molar-refractivity contribution in [2.45, 2.75) is 19.3 Å². The van der Waals surface area contributed by atoms with Gasteiger partial charge in [0.05, 0.1) is 0 Å². The Balaban J connectivity index is 2.81. The normalized spacial score (nSPS) is 11.7. The van der Waals surface area contributed by atoms with Crippen molar-refractivity contribution in [2.75, 3.05) is 6.54 Å². The van der Waals surface area contributed by atoms with Crippen LogP contribution in [0.4, 0.5) is 8.78 Å². The second kappa shape index (κ2) is 3.83. The Morgan fingerprint density at radius 3 is 2.15 bits per heavy atom. The molecule has 1 rings (SSSR count). The van der Waals surface area contributed by atoms with E-state index in [0.717, 1.165) is 18.9 Å². The maximum Gasteiger partial charge on any atom is 0.270 e. The van der Waals surface area contributed by atoms with E-state index in [9.17, 15) is 8.78 Å². The Bertz CT molecular complexity index is 261. The molecule has 0 atom stereocenters. The molecule has 0 aliphatic rings. The van der Waals surface area contributed by atoms with Crippen LogP contribution in [-0.4, -0.2) is 6.54 Å². The van der Waals surface area contributed by atoms with Gasteiger partial charge in [-0.3, -0.25) is 0 Å². The van der Waals surface area contributed by atoms with Crippen LogP contribution in [0.1, 0.15) is 18.1 Å². The summed E-state index contributed by atoms with van der Waals surface area (Å²) in [6.45, 7) is 1.44. The van der Waals surface area contributed by atoms with Gasteiger partial charge in [-0.05, 0) is 18.5 Å². The quantitative estimate of drug-likeness (QED) is 0.768. The number of alkyl halides is 2. The highest BCUT2D eigenvalue weighted by Crippen LogP contribution is 2.26. The Kier molecular flexibility index (Phi) is 2.98. The minimum atomic E-state index is -2.75. The second-order valence-electron chi connectivity index (χ2n) is 3.12. The van der Waals surface area contributed by atoms with Gasteiger partial charge in [0, 0.05) is 12.5 Å². The molecule has 0 radical (unpaired) electrons. The first-order valence-electron chi connectivity index (χ1n) is 4.21. The summed E-state index contributed by atoms with van der Waals surface area (Å²) in [5.41, 5.74) is 6.38. The van der Waals surface area contributed by atoms with Gasteiger partial charge in [-0.1, -0.05) is 24.3 Å². The molecule has 0 bridgehead atoms. The molecule has 0 saturated carbocycles. The third kappa shape index (κ3) is 2.77. The summed E-state index contributed by atoms with van der Waals surface area (Å²) in [6.07, 6.45) is 0.732. The van der Waals surface area contributed by atoms with Gasteiger partial charge < -0.3 is 5.73 Å². The molecule has 72 valence electrons. The third-order valence-corrected chi connectivity index (χ3v) is 1.89. The van der Waals surface area contributed by atoms with Gasteiger partial charge in [-0.25, -0.2) is 8.78 Å². The van der Waals surface area contributed by atoms with Gasteiger partial charge in [0.15, 0.2) is 0 Å². The number of halogens is 2. The summed E-state index contributed by atoms with van der Waals surface area (Å²) < 4.78 is 25.5. The van der Waals surface area contributed by atoms with E-state index in [1.165, 1.54) is 12.1 Å². The molecule has 1 aromatic carbocycles. The van der Waals surface area contributed by atoms with Crippen molar-refractivity contribution in [3.8, 4) is 0 Å². The molecule has 2 N–H and O–H groups in total. The van der Waals surface area contributed by atoms with Crippen LogP contribution < -0.4 is 5.73 Å². The van der Waals surface area contributed by atoms with E-state index in [4.69, 9.17) is 5.73 Å². The molecule has 0 aromatic heterocycles. The van der Waals surface area contributed by atoms with Crippen LogP contribution in [0, 0.1) is 0 Å². The van der Waals surface area contributed by atoms with Crippen molar-refractivity contribution < 1.29 is 8.78 Å². The van der Waals surface area contributed by atoms with E-state index in [0.29, 0.717) is 6.54 Å². The zero-order valence-corrected chi connectivity index (χ0v) is 7.56. The zero-order chi connectivity index (χ0) is 9.90. The van der Waals surface area contributed by atoms with Crippen LogP contribution in [0.2, 0.25) is 0 Å². The van der Waals surface area contributed by atoms with Crippen LogP contribution in [-0.2, 0) is 12.3 Å². The van der Waals surface area contributed by atoms with E-state index in [-0.39, 0.29) is 5.56 Å². The van der Waals surface area contributed by atoms with Crippen molar-refractivity contribution in [1.29, 1.82) is 0 Å². The molecular formula is C10H13F2N. The Hall–Kier alpha value is -0.960. The first-order chi connectivity index (χ1) is 6.04. The van der Waals surface area contributed by atoms with Crippen LogP contribution in [0.3, 0.4) is 0 Å². The van der Waals surface area contributed by atoms with Crippen molar-refractivity contribution in [2.24, 2.45) is 5.73 Å². The highest BCUT2D eigenvalue weighted by molar-refractivity contribution is 5.25. The maximum atomic E-state index is 12.7. The van der Waals surface area contributed by atoms with E-state index in [2.05, 4.69) is 0 Å². The smallest absolute Gasteiger partial charge is 0.270 e. The highest BCUT2D eigenvalue weighted by atomic mass is 19.3. The molecule has 0 unspecified atom stereocenters.